The highest BCUT2D eigenvalue weighted by molar-refractivity contribution is 5.84. The zero-order chi connectivity index (χ0) is 27.8. The summed E-state index contributed by atoms with van der Waals surface area (Å²) in [4.78, 5) is 59.0. The van der Waals surface area contributed by atoms with Gasteiger partial charge in [0.1, 0.15) is 11.5 Å². The van der Waals surface area contributed by atoms with Gasteiger partial charge in [-0.15, -0.1) is 0 Å². The van der Waals surface area contributed by atoms with Crippen molar-refractivity contribution in [3.63, 3.8) is 0 Å². The minimum atomic E-state index is -2.49. The number of amides is 1. The van der Waals surface area contributed by atoms with Gasteiger partial charge in [-0.3, -0.25) is 43.5 Å². The second-order valence-corrected chi connectivity index (χ2v) is 10.6. The van der Waals surface area contributed by atoms with Crippen LogP contribution in [0.1, 0.15) is 32.6 Å². The average molecular weight is 552 g/mol. The van der Waals surface area contributed by atoms with Gasteiger partial charge in [0.25, 0.3) is 0 Å². The Morgan fingerprint density at radius 3 is 1.92 bits per heavy atom. The standard InChI is InChI=1S/C26H41N5O8/c1-3-4-21(32)5-6-23(33)27-15-22-17-29-9-13-30-11-7-28-8-12-31(14-10-29)19-25(35)39-26(37-22,36-20(2)16-28)38-24(34)18-30/h22H,2-19H2,1H3,(H,27,33). The number of hydrogen-bond donors (Lipinski definition) is 1. The van der Waals surface area contributed by atoms with E-state index in [9.17, 15) is 19.2 Å². The highest BCUT2D eigenvalue weighted by Gasteiger charge is 2.49. The van der Waals surface area contributed by atoms with Crippen LogP contribution >= 0.6 is 0 Å². The second-order valence-electron chi connectivity index (χ2n) is 10.6. The molecule has 218 valence electrons. The van der Waals surface area contributed by atoms with Crippen LogP contribution in [-0.4, -0.2) is 141 Å². The van der Waals surface area contributed by atoms with Gasteiger partial charge < -0.3 is 19.5 Å². The number of carbonyl (C=O) groups is 4. The number of esters is 2. The predicted octanol–water partition coefficient (Wildman–Crippen LogP) is -0.872. The zero-order valence-electron chi connectivity index (χ0n) is 22.9. The Morgan fingerprint density at radius 1 is 0.821 bits per heavy atom. The molecule has 3 atom stereocenters. The Hall–Kier alpha value is -2.58. The molecule has 4 heterocycles. The molecular weight excluding hydrogens is 510 g/mol. The number of ketones is 1. The van der Waals surface area contributed by atoms with Gasteiger partial charge in [-0.25, -0.2) is 0 Å². The fourth-order valence-corrected chi connectivity index (χ4v) is 5.15. The normalized spacial score (nSPS) is 33.8. The van der Waals surface area contributed by atoms with Crippen molar-refractivity contribution >= 4 is 23.6 Å². The van der Waals surface area contributed by atoms with Gasteiger partial charge in [0.05, 0.1) is 25.7 Å². The monoisotopic (exact) mass is 551 g/mol. The van der Waals surface area contributed by atoms with E-state index >= 15 is 0 Å². The predicted molar refractivity (Wildman–Crippen MR) is 138 cm³/mol. The topological polar surface area (TPSA) is 130 Å². The Kier molecular flexibility index (Phi) is 10.3. The number of rotatable bonds is 7. The van der Waals surface area contributed by atoms with E-state index in [-0.39, 0.29) is 49.9 Å². The van der Waals surface area contributed by atoms with Gasteiger partial charge in [-0.2, -0.15) is 0 Å². The van der Waals surface area contributed by atoms with Crippen LogP contribution in [0.2, 0.25) is 0 Å². The van der Waals surface area contributed by atoms with Gasteiger partial charge in [0, 0.05) is 84.7 Å². The maximum atomic E-state index is 13.1. The van der Waals surface area contributed by atoms with Crippen molar-refractivity contribution in [3.05, 3.63) is 12.3 Å². The van der Waals surface area contributed by atoms with Crippen LogP contribution in [0.5, 0.6) is 0 Å². The lowest BCUT2D eigenvalue weighted by Crippen LogP contribution is -2.53. The molecule has 39 heavy (non-hydrogen) atoms. The molecule has 0 radical (unpaired) electrons. The molecule has 4 aliphatic rings. The highest BCUT2D eigenvalue weighted by Crippen LogP contribution is 2.27. The van der Waals surface area contributed by atoms with E-state index in [1.54, 1.807) is 0 Å². The molecule has 4 aliphatic heterocycles. The fraction of sp³-hybridized carbons (Fsp3) is 0.769. The Balaban J connectivity index is 1.64. The van der Waals surface area contributed by atoms with Crippen molar-refractivity contribution in [1.29, 1.82) is 0 Å². The molecule has 1 spiro atoms. The molecule has 0 aliphatic carbocycles. The minimum absolute atomic E-state index is 0.0283. The summed E-state index contributed by atoms with van der Waals surface area (Å²) in [6.45, 7) is 11.8. The van der Waals surface area contributed by atoms with E-state index in [0.717, 1.165) is 6.42 Å². The number of ether oxygens (including phenoxy) is 4. The second kappa shape index (κ2) is 13.7. The molecule has 4 saturated heterocycles. The summed E-state index contributed by atoms with van der Waals surface area (Å²) in [7, 11) is 0. The third-order valence-corrected chi connectivity index (χ3v) is 7.24. The minimum Gasteiger partial charge on any atom is -0.400 e. The molecule has 1 N–H and O–H groups in total. The van der Waals surface area contributed by atoms with E-state index in [2.05, 4.69) is 21.7 Å². The summed E-state index contributed by atoms with van der Waals surface area (Å²) in [5, 5.41) is 2.82. The van der Waals surface area contributed by atoms with Gasteiger partial charge in [-0.05, 0) is 6.42 Å². The third kappa shape index (κ3) is 8.97. The van der Waals surface area contributed by atoms with Gasteiger partial charge in [0.2, 0.25) is 5.91 Å². The van der Waals surface area contributed by atoms with Crippen LogP contribution in [0.25, 0.3) is 0 Å². The largest absolute Gasteiger partial charge is 0.564 e. The zero-order valence-corrected chi connectivity index (χ0v) is 22.9. The molecule has 4 rings (SSSR count). The number of hydrogen-bond acceptors (Lipinski definition) is 12. The summed E-state index contributed by atoms with van der Waals surface area (Å²) in [6.07, 6.45) is -1.84. The Labute approximate surface area is 229 Å². The van der Waals surface area contributed by atoms with E-state index < -0.39 is 24.2 Å². The number of carbonyl (C=O) groups excluding carboxylic acids is 4. The molecule has 0 aromatic rings. The lowest BCUT2D eigenvalue weighted by Gasteiger charge is -2.36. The molecule has 4 fully saturated rings. The lowest BCUT2D eigenvalue weighted by molar-refractivity contribution is -0.465. The quantitative estimate of drug-likeness (QED) is 0.395. The van der Waals surface area contributed by atoms with Crippen molar-refractivity contribution in [1.82, 2.24) is 24.9 Å². The molecule has 0 saturated carbocycles. The first-order chi connectivity index (χ1) is 18.7. The van der Waals surface area contributed by atoms with Crippen molar-refractivity contribution < 1.29 is 38.1 Å². The first kappa shape index (κ1) is 29.4. The molecule has 3 unspecified atom stereocenters. The molecule has 0 aromatic heterocycles. The Bertz CT molecular complexity index is 869. The molecule has 13 heteroatoms. The van der Waals surface area contributed by atoms with Crippen molar-refractivity contribution in [3.8, 4) is 0 Å². The molecule has 1 amide bonds. The van der Waals surface area contributed by atoms with Crippen LogP contribution in [0, 0.1) is 0 Å². The first-order valence-corrected chi connectivity index (χ1v) is 13.9. The summed E-state index contributed by atoms with van der Waals surface area (Å²) in [5.74, 6) is -1.36. The van der Waals surface area contributed by atoms with E-state index in [1.807, 2.05) is 16.7 Å². The van der Waals surface area contributed by atoms with E-state index in [4.69, 9.17) is 18.9 Å². The van der Waals surface area contributed by atoms with Gasteiger partial charge in [-0.1, -0.05) is 13.5 Å². The van der Waals surface area contributed by atoms with Crippen LogP contribution in [-0.2, 0) is 38.1 Å². The number of fused-ring (bicyclic) bond motifs is 12. The van der Waals surface area contributed by atoms with Crippen LogP contribution < -0.4 is 5.32 Å². The van der Waals surface area contributed by atoms with Crippen LogP contribution in [0.4, 0.5) is 0 Å². The summed E-state index contributed by atoms with van der Waals surface area (Å²) in [6, 6.07) is 0. The number of nitrogens with zero attached hydrogens (tertiary/aromatic N) is 4. The molecular formula is C26H41N5O8. The number of Topliss-reactive ketones (excluding diaryl/α,β-unsaturated/α-hetero) is 1. The molecule has 0 aromatic carbocycles. The summed E-state index contributed by atoms with van der Waals surface area (Å²) < 4.78 is 23.5. The van der Waals surface area contributed by atoms with E-state index in [0.29, 0.717) is 71.9 Å². The maximum absolute atomic E-state index is 13.1. The van der Waals surface area contributed by atoms with E-state index in [1.165, 1.54) is 0 Å². The fourth-order valence-electron chi connectivity index (χ4n) is 5.15. The highest BCUT2D eigenvalue weighted by atomic mass is 17.0. The van der Waals surface area contributed by atoms with Gasteiger partial charge >= 0.3 is 18.1 Å². The maximum Gasteiger partial charge on any atom is 0.564 e. The Morgan fingerprint density at radius 2 is 1.36 bits per heavy atom. The van der Waals surface area contributed by atoms with Gasteiger partial charge in [0.15, 0.2) is 0 Å². The van der Waals surface area contributed by atoms with Crippen molar-refractivity contribution in [2.75, 3.05) is 85.1 Å². The average Bonchev–Trinajstić information content (AvgIpc) is 2.92. The first-order valence-electron chi connectivity index (χ1n) is 13.9. The van der Waals surface area contributed by atoms with Crippen molar-refractivity contribution in [2.45, 2.75) is 44.9 Å². The smallest absolute Gasteiger partial charge is 0.400 e. The van der Waals surface area contributed by atoms with Crippen molar-refractivity contribution in [2.24, 2.45) is 0 Å². The number of nitrogens with one attached hydrogen (secondary N) is 1. The third-order valence-electron chi connectivity index (χ3n) is 7.24. The molecule has 5 bridgehead atoms. The summed E-state index contributed by atoms with van der Waals surface area (Å²) >= 11 is 0. The molecule has 13 nitrogen and oxygen atoms in total. The SMILES string of the molecule is C=C1CN2CCN3CCN4CCN(CC2)CC(=O)OC(O1)(OC(=O)C3)OC(CNC(=O)CCC(=O)CCC)C4. The summed E-state index contributed by atoms with van der Waals surface area (Å²) in [5.41, 5.74) is 0. The lowest BCUT2D eigenvalue weighted by atomic mass is 10.1. The van der Waals surface area contributed by atoms with Crippen LogP contribution in [0.15, 0.2) is 12.3 Å². The van der Waals surface area contributed by atoms with Crippen LogP contribution in [0.3, 0.4) is 0 Å².